The van der Waals surface area contributed by atoms with E-state index in [1.165, 1.54) is 12.1 Å². The van der Waals surface area contributed by atoms with Crippen molar-refractivity contribution in [2.24, 2.45) is 0 Å². The van der Waals surface area contributed by atoms with Crippen LogP contribution in [0.1, 0.15) is 13.8 Å². The first-order chi connectivity index (χ1) is 9.28. The van der Waals surface area contributed by atoms with Gasteiger partial charge in [-0.05, 0) is 12.1 Å². The molecule has 0 aromatic heterocycles. The Labute approximate surface area is 126 Å². The van der Waals surface area contributed by atoms with Crippen LogP contribution in [0.25, 0.3) is 0 Å². The van der Waals surface area contributed by atoms with Gasteiger partial charge in [0.1, 0.15) is 0 Å². The van der Waals surface area contributed by atoms with Gasteiger partial charge in [-0.15, -0.1) is 0 Å². The number of allylic oxidation sites excluding steroid dienone is 1. The Balaban J connectivity index is 2.21. The van der Waals surface area contributed by atoms with Gasteiger partial charge in [-0.2, -0.15) is 0 Å². The predicted octanol–water partition coefficient (Wildman–Crippen LogP) is -0.123. The summed E-state index contributed by atoms with van der Waals surface area (Å²) >= 11 is -0.792. The lowest BCUT2D eigenvalue weighted by Gasteiger charge is -2.30. The molecule has 0 fully saturated rings. The molecule has 0 amide bonds. The van der Waals surface area contributed by atoms with E-state index in [2.05, 4.69) is 6.58 Å². The number of rotatable bonds is 3. The molecule has 0 saturated carbocycles. The Morgan fingerprint density at radius 3 is 2.40 bits per heavy atom. The third-order valence-electron chi connectivity index (χ3n) is 2.39. The van der Waals surface area contributed by atoms with E-state index in [0.717, 1.165) is 3.57 Å². The molecule has 1 aromatic carbocycles. The van der Waals surface area contributed by atoms with Crippen LogP contribution in [-0.2, 0) is 9.47 Å². The molecule has 7 heteroatoms. The molecule has 1 aromatic rings. The molecular weight excluding hydrogens is 377 g/mol. The highest BCUT2D eigenvalue weighted by Crippen LogP contribution is 2.26. The van der Waals surface area contributed by atoms with Gasteiger partial charge < -0.3 is 14.6 Å². The molecule has 0 saturated heterocycles. The summed E-state index contributed by atoms with van der Waals surface area (Å²) in [6, 6.07) is 6.20. The first-order valence-electron chi connectivity index (χ1n) is 5.68. The summed E-state index contributed by atoms with van der Waals surface area (Å²) < 4.78 is 12.2. The fourth-order valence-electron chi connectivity index (χ4n) is 1.59. The molecule has 1 aliphatic heterocycles. The predicted molar refractivity (Wildman–Crippen MR) is 66.8 cm³/mol. The van der Waals surface area contributed by atoms with Gasteiger partial charge in [-0.25, -0.2) is 0 Å². The minimum absolute atomic E-state index is 0.0343. The van der Waals surface area contributed by atoms with Gasteiger partial charge in [-0.1, -0.05) is 6.58 Å². The van der Waals surface area contributed by atoms with Crippen LogP contribution in [0.4, 0.5) is 5.69 Å². The Morgan fingerprint density at radius 2 is 1.90 bits per heavy atom. The molecule has 1 aliphatic rings. The number of hydrogen-bond acceptors (Lipinski definition) is 5. The van der Waals surface area contributed by atoms with E-state index in [1.807, 2.05) is 0 Å². The monoisotopic (exact) mass is 390 g/mol. The van der Waals surface area contributed by atoms with Crippen molar-refractivity contribution < 1.29 is 40.7 Å². The number of non-ortho nitro benzene ring substituents is 1. The number of aliphatic hydroxyl groups excluding tert-OH is 1. The van der Waals surface area contributed by atoms with Gasteiger partial charge in [0.2, 0.25) is 5.79 Å². The third kappa shape index (κ3) is 3.21. The van der Waals surface area contributed by atoms with Crippen LogP contribution >= 0.6 is 0 Å². The molecule has 1 heterocycles. The molecule has 1 N–H and O–H groups in total. The molecule has 0 atom stereocenters. The molecule has 106 valence electrons. The summed E-state index contributed by atoms with van der Waals surface area (Å²) in [5.74, 6) is -0.744. The summed E-state index contributed by atoms with van der Waals surface area (Å²) in [6.07, 6.45) is 0. The molecule has 0 bridgehead atoms. The summed E-state index contributed by atoms with van der Waals surface area (Å²) in [7, 11) is 0. The lowest BCUT2D eigenvalue weighted by atomic mass is 10.3. The number of benzene rings is 1. The average molecular weight is 390 g/mol. The fourth-order valence-corrected chi connectivity index (χ4v) is 3.68. The molecule has 0 aliphatic carbocycles. The smallest absolute Gasteiger partial charge is 0.370 e. The van der Waals surface area contributed by atoms with Gasteiger partial charge in [-0.3, -0.25) is 10.1 Å². The summed E-state index contributed by atoms with van der Waals surface area (Å²) in [5, 5.41) is 20.5. The minimum Gasteiger partial charge on any atom is -0.477 e. The van der Waals surface area contributed by atoms with E-state index in [9.17, 15) is 15.2 Å². The minimum atomic E-state index is -0.941. The fraction of sp³-hybridized carbons (Fsp3) is 0.231. The van der Waals surface area contributed by atoms with Crippen LogP contribution in [0.3, 0.4) is 0 Å². The lowest BCUT2D eigenvalue weighted by Crippen LogP contribution is -3.61. The average Bonchev–Trinajstić information content (AvgIpc) is 2.33. The van der Waals surface area contributed by atoms with Gasteiger partial charge in [0.15, 0.2) is 9.33 Å². The maximum Gasteiger partial charge on any atom is 0.370 e. The van der Waals surface area contributed by atoms with Gasteiger partial charge in [0.05, 0.1) is 4.92 Å². The highest BCUT2D eigenvalue weighted by atomic mass is 127. The number of nitro benzene ring substituents is 1. The zero-order valence-electron chi connectivity index (χ0n) is 10.9. The highest BCUT2D eigenvalue weighted by Gasteiger charge is 2.40. The van der Waals surface area contributed by atoms with Crippen molar-refractivity contribution in [1.82, 2.24) is 0 Å². The molecule has 0 spiro atoms. The van der Waals surface area contributed by atoms with Crippen LogP contribution in [0, 0.1) is 13.7 Å². The molecule has 0 radical (unpaired) electrons. The van der Waals surface area contributed by atoms with Crippen LogP contribution in [0.5, 0.6) is 0 Å². The van der Waals surface area contributed by atoms with E-state index in [-0.39, 0.29) is 11.6 Å². The van der Waals surface area contributed by atoms with Crippen LogP contribution in [0.15, 0.2) is 46.1 Å². The number of nitrogens with zero attached hydrogens (tertiary/aromatic N) is 1. The molecule has 2 rings (SSSR count). The Kier molecular flexibility index (Phi) is 3.89. The summed E-state index contributed by atoms with van der Waals surface area (Å²) in [5.41, 5.74) is 0.0343. The first-order valence-corrected chi connectivity index (χ1v) is 7.84. The normalized spacial score (nSPS) is 17.4. The Morgan fingerprint density at radius 1 is 1.30 bits per heavy atom. The second-order valence-corrected chi connectivity index (χ2v) is 7.34. The summed E-state index contributed by atoms with van der Waals surface area (Å²) in [6.45, 7) is 7.13. The number of hydrogen-bond donors (Lipinski definition) is 1. The third-order valence-corrected chi connectivity index (χ3v) is 5.33. The van der Waals surface area contributed by atoms with E-state index in [0.29, 0.717) is 9.34 Å². The highest BCUT2D eigenvalue weighted by molar-refractivity contribution is 5.28. The zero-order valence-corrected chi connectivity index (χ0v) is 13.1. The van der Waals surface area contributed by atoms with Crippen molar-refractivity contribution in [3.05, 3.63) is 59.8 Å². The van der Waals surface area contributed by atoms with Crippen molar-refractivity contribution in [2.75, 3.05) is 0 Å². The topological polar surface area (TPSA) is 81.8 Å². The maximum absolute atomic E-state index is 10.6. The van der Waals surface area contributed by atoms with Crippen LogP contribution < -0.4 is 21.2 Å². The lowest BCUT2D eigenvalue weighted by molar-refractivity contribution is -0.583. The van der Waals surface area contributed by atoms with Crippen molar-refractivity contribution in [3.63, 3.8) is 0 Å². The number of halogens is 1. The van der Waals surface area contributed by atoms with Gasteiger partial charge in [0, 0.05) is 26.0 Å². The zero-order chi connectivity index (χ0) is 14.9. The SMILES string of the molecule is C=C1OC(C)(C)OC(O)=C1[I+]c1ccc([N+](=O)[O-])cc1. The standard InChI is InChI=1S/C13H12INO5/c1-8-11(12(16)20-13(2,3)19-8)14-9-4-6-10(7-5-9)15(17)18/h4-7H,1H2,2-3H3/p+1. The van der Waals surface area contributed by atoms with Crippen molar-refractivity contribution in [2.45, 2.75) is 19.6 Å². The van der Waals surface area contributed by atoms with Crippen LogP contribution in [0.2, 0.25) is 0 Å². The number of ether oxygens (including phenoxy) is 2. The molecular formula is C13H13INO5+. The van der Waals surface area contributed by atoms with Gasteiger partial charge in [0.25, 0.3) is 5.69 Å². The largest absolute Gasteiger partial charge is 0.477 e. The van der Waals surface area contributed by atoms with Crippen molar-refractivity contribution in [3.8, 4) is 0 Å². The number of nitro groups is 1. The van der Waals surface area contributed by atoms with E-state index in [4.69, 9.17) is 9.47 Å². The van der Waals surface area contributed by atoms with E-state index in [1.54, 1.807) is 26.0 Å². The maximum atomic E-state index is 10.6. The first kappa shape index (κ1) is 14.6. The molecule has 0 unspecified atom stereocenters. The van der Waals surface area contributed by atoms with Crippen molar-refractivity contribution >= 4 is 5.69 Å². The van der Waals surface area contributed by atoms with E-state index < -0.39 is 31.9 Å². The summed E-state index contributed by atoms with van der Waals surface area (Å²) in [4.78, 5) is 10.1. The number of aliphatic hydroxyl groups is 1. The van der Waals surface area contributed by atoms with E-state index >= 15 is 0 Å². The quantitative estimate of drug-likeness (QED) is 0.442. The second kappa shape index (κ2) is 5.31. The van der Waals surface area contributed by atoms with Crippen molar-refractivity contribution in [1.29, 1.82) is 0 Å². The molecule has 20 heavy (non-hydrogen) atoms. The Bertz CT molecular complexity index is 591. The molecule has 6 nitrogen and oxygen atoms in total. The van der Waals surface area contributed by atoms with Crippen LogP contribution in [-0.4, -0.2) is 15.8 Å². The Hall–Kier alpha value is -1.77. The second-order valence-electron chi connectivity index (χ2n) is 4.47. The van der Waals surface area contributed by atoms with Gasteiger partial charge >= 0.3 is 30.7 Å².